The molecule has 0 unspecified atom stereocenters. The van der Waals surface area contributed by atoms with E-state index in [1.54, 1.807) is 24.3 Å². The van der Waals surface area contributed by atoms with E-state index in [2.05, 4.69) is 10.6 Å². The molecule has 0 saturated carbocycles. The molecule has 0 aliphatic carbocycles. The monoisotopic (exact) mass is 342 g/mol. The van der Waals surface area contributed by atoms with Crippen molar-refractivity contribution in [2.45, 2.75) is 12.6 Å². The van der Waals surface area contributed by atoms with Crippen molar-refractivity contribution >= 4 is 23.3 Å². The third-order valence-corrected chi connectivity index (χ3v) is 3.43. The molecule has 0 aliphatic heterocycles. The Kier molecular flexibility index (Phi) is 5.50. The molecule has 0 heterocycles. The Balaban J connectivity index is 1.81. The zero-order valence-corrected chi connectivity index (χ0v) is 12.7. The number of anilines is 1. The van der Waals surface area contributed by atoms with Gasteiger partial charge >= 0.3 is 12.2 Å². The molecular formula is C16H14ClF3N2O. The van der Waals surface area contributed by atoms with Gasteiger partial charge in [0.25, 0.3) is 0 Å². The molecule has 2 rings (SSSR count). The summed E-state index contributed by atoms with van der Waals surface area (Å²) in [4.78, 5) is 11.7. The Morgan fingerprint density at radius 1 is 1.04 bits per heavy atom. The standard InChI is InChI=1S/C16H14ClF3N2O/c17-13-3-1-2-4-14(13)22-15(23)21-10-9-11-5-7-12(8-6-11)16(18,19)20/h1-8H,9-10H2,(H2,21,22,23). The van der Waals surface area contributed by atoms with Gasteiger partial charge < -0.3 is 10.6 Å². The Morgan fingerprint density at radius 3 is 2.30 bits per heavy atom. The van der Waals surface area contributed by atoms with Crippen molar-refractivity contribution in [3.63, 3.8) is 0 Å². The number of para-hydroxylation sites is 1. The Labute approximate surface area is 136 Å². The van der Waals surface area contributed by atoms with Crippen molar-refractivity contribution in [2.75, 3.05) is 11.9 Å². The molecular weight excluding hydrogens is 329 g/mol. The lowest BCUT2D eigenvalue weighted by Gasteiger charge is -2.10. The molecule has 0 radical (unpaired) electrons. The number of urea groups is 1. The minimum absolute atomic E-state index is 0.293. The molecule has 2 amide bonds. The Hall–Kier alpha value is -2.21. The highest BCUT2D eigenvalue weighted by Gasteiger charge is 2.29. The first kappa shape index (κ1) is 17.1. The normalized spacial score (nSPS) is 11.1. The van der Waals surface area contributed by atoms with Gasteiger partial charge in [0.15, 0.2) is 0 Å². The average Bonchev–Trinajstić information content (AvgIpc) is 2.49. The van der Waals surface area contributed by atoms with Gasteiger partial charge in [-0.1, -0.05) is 35.9 Å². The second kappa shape index (κ2) is 7.37. The van der Waals surface area contributed by atoms with Crippen LogP contribution in [0, 0.1) is 0 Å². The number of carbonyl (C=O) groups is 1. The topological polar surface area (TPSA) is 41.1 Å². The summed E-state index contributed by atoms with van der Waals surface area (Å²) in [5.41, 5.74) is 0.503. The van der Waals surface area contributed by atoms with Gasteiger partial charge in [-0.3, -0.25) is 0 Å². The van der Waals surface area contributed by atoms with Crippen molar-refractivity contribution in [1.82, 2.24) is 5.32 Å². The molecule has 0 bridgehead atoms. The highest BCUT2D eigenvalue weighted by Crippen LogP contribution is 2.29. The predicted molar refractivity (Wildman–Crippen MR) is 83.6 cm³/mol. The fourth-order valence-electron chi connectivity index (χ4n) is 1.91. The summed E-state index contributed by atoms with van der Waals surface area (Å²) < 4.78 is 37.3. The summed E-state index contributed by atoms with van der Waals surface area (Å²) >= 11 is 5.92. The van der Waals surface area contributed by atoms with E-state index < -0.39 is 17.8 Å². The summed E-state index contributed by atoms with van der Waals surface area (Å²) in [7, 11) is 0. The number of nitrogens with one attached hydrogen (secondary N) is 2. The van der Waals surface area contributed by atoms with Crippen LogP contribution in [0.15, 0.2) is 48.5 Å². The van der Waals surface area contributed by atoms with E-state index in [9.17, 15) is 18.0 Å². The fourth-order valence-corrected chi connectivity index (χ4v) is 2.09. The second-order valence-electron chi connectivity index (χ2n) is 4.81. The van der Waals surface area contributed by atoms with E-state index in [0.717, 1.165) is 12.1 Å². The summed E-state index contributed by atoms with van der Waals surface area (Å²) in [6, 6.07) is 11.2. The minimum Gasteiger partial charge on any atom is -0.338 e. The molecule has 3 nitrogen and oxygen atoms in total. The van der Waals surface area contributed by atoms with Crippen molar-refractivity contribution in [3.05, 3.63) is 64.7 Å². The van der Waals surface area contributed by atoms with Gasteiger partial charge in [0.2, 0.25) is 0 Å². The average molecular weight is 343 g/mol. The largest absolute Gasteiger partial charge is 0.416 e. The van der Waals surface area contributed by atoms with Crippen molar-refractivity contribution in [3.8, 4) is 0 Å². The summed E-state index contributed by atoms with van der Waals surface area (Å²) in [6.45, 7) is 0.293. The number of hydrogen-bond acceptors (Lipinski definition) is 1. The maximum Gasteiger partial charge on any atom is 0.416 e. The summed E-state index contributed by atoms with van der Waals surface area (Å²) in [5.74, 6) is 0. The van der Waals surface area contributed by atoms with Gasteiger partial charge in [-0.15, -0.1) is 0 Å². The molecule has 0 fully saturated rings. The van der Waals surface area contributed by atoms with Crippen LogP contribution in [0.1, 0.15) is 11.1 Å². The number of rotatable bonds is 4. The lowest BCUT2D eigenvalue weighted by Crippen LogP contribution is -2.30. The molecule has 23 heavy (non-hydrogen) atoms. The molecule has 122 valence electrons. The van der Waals surface area contributed by atoms with Crippen molar-refractivity contribution in [1.29, 1.82) is 0 Å². The van der Waals surface area contributed by atoms with Gasteiger partial charge in [0.1, 0.15) is 0 Å². The van der Waals surface area contributed by atoms with Crippen LogP contribution in [0.3, 0.4) is 0 Å². The van der Waals surface area contributed by atoms with Crippen molar-refractivity contribution in [2.24, 2.45) is 0 Å². The molecule has 0 saturated heterocycles. The summed E-state index contributed by atoms with van der Waals surface area (Å²) in [6.07, 6.45) is -3.92. The van der Waals surface area contributed by atoms with Crippen LogP contribution in [-0.4, -0.2) is 12.6 Å². The van der Waals surface area contributed by atoms with Gasteiger partial charge in [0.05, 0.1) is 16.3 Å². The Morgan fingerprint density at radius 2 is 1.70 bits per heavy atom. The third kappa shape index (κ3) is 5.17. The number of benzene rings is 2. The van der Waals surface area contributed by atoms with Gasteiger partial charge in [-0.2, -0.15) is 13.2 Å². The first-order valence-corrected chi connectivity index (χ1v) is 7.19. The predicted octanol–water partition coefficient (Wildman–Crippen LogP) is 4.72. The number of amides is 2. The molecule has 2 N–H and O–H groups in total. The first-order valence-electron chi connectivity index (χ1n) is 6.82. The lowest BCUT2D eigenvalue weighted by molar-refractivity contribution is -0.137. The number of hydrogen-bond donors (Lipinski definition) is 2. The molecule has 0 aromatic heterocycles. The molecule has 2 aromatic rings. The smallest absolute Gasteiger partial charge is 0.338 e. The SMILES string of the molecule is O=C(NCCc1ccc(C(F)(F)F)cc1)Nc1ccccc1Cl. The number of halogens is 4. The van der Waals surface area contributed by atoms with Crippen LogP contribution in [0.5, 0.6) is 0 Å². The van der Waals surface area contributed by atoms with E-state index in [1.165, 1.54) is 12.1 Å². The zero-order valence-electron chi connectivity index (χ0n) is 12.0. The highest BCUT2D eigenvalue weighted by molar-refractivity contribution is 6.33. The van der Waals surface area contributed by atoms with Crippen LogP contribution < -0.4 is 10.6 Å². The fraction of sp³-hybridized carbons (Fsp3) is 0.188. The number of alkyl halides is 3. The zero-order chi connectivity index (χ0) is 16.9. The van der Waals surface area contributed by atoms with E-state index in [-0.39, 0.29) is 0 Å². The van der Waals surface area contributed by atoms with Gasteiger partial charge in [-0.25, -0.2) is 4.79 Å². The van der Waals surface area contributed by atoms with Crippen LogP contribution >= 0.6 is 11.6 Å². The third-order valence-electron chi connectivity index (χ3n) is 3.10. The maximum atomic E-state index is 12.4. The maximum absolute atomic E-state index is 12.4. The minimum atomic E-state index is -4.34. The van der Waals surface area contributed by atoms with E-state index in [0.29, 0.717) is 29.2 Å². The van der Waals surface area contributed by atoms with Crippen LogP contribution in [0.4, 0.5) is 23.7 Å². The lowest BCUT2D eigenvalue weighted by atomic mass is 10.1. The van der Waals surface area contributed by atoms with E-state index in [1.807, 2.05) is 0 Å². The quantitative estimate of drug-likeness (QED) is 0.829. The molecule has 2 aromatic carbocycles. The molecule has 0 aliphatic rings. The highest BCUT2D eigenvalue weighted by atomic mass is 35.5. The first-order chi connectivity index (χ1) is 10.9. The summed E-state index contributed by atoms with van der Waals surface area (Å²) in [5, 5.41) is 5.64. The molecule has 0 atom stereocenters. The second-order valence-corrected chi connectivity index (χ2v) is 5.21. The van der Waals surface area contributed by atoms with Crippen LogP contribution in [0.25, 0.3) is 0 Å². The van der Waals surface area contributed by atoms with Crippen molar-refractivity contribution < 1.29 is 18.0 Å². The Bertz CT molecular complexity index is 672. The van der Waals surface area contributed by atoms with Gasteiger partial charge in [-0.05, 0) is 36.2 Å². The van der Waals surface area contributed by atoms with E-state index >= 15 is 0 Å². The molecule has 7 heteroatoms. The van der Waals surface area contributed by atoms with Crippen LogP contribution in [-0.2, 0) is 12.6 Å². The molecule has 0 spiro atoms. The van der Waals surface area contributed by atoms with Crippen LogP contribution in [0.2, 0.25) is 5.02 Å². The number of carbonyl (C=O) groups excluding carboxylic acids is 1. The van der Waals surface area contributed by atoms with E-state index in [4.69, 9.17) is 11.6 Å². The van der Waals surface area contributed by atoms with Gasteiger partial charge in [0, 0.05) is 6.54 Å².